The molecule has 0 amide bonds. The Kier molecular flexibility index (Phi) is 4.38. The lowest BCUT2D eigenvalue weighted by atomic mass is 9.84. The van der Waals surface area contributed by atoms with Crippen molar-refractivity contribution in [2.24, 2.45) is 17.3 Å². The number of nitrogens with zero attached hydrogens (tertiary/aromatic N) is 1. The summed E-state index contributed by atoms with van der Waals surface area (Å²) in [6.07, 6.45) is 4.18. The van der Waals surface area contributed by atoms with Crippen molar-refractivity contribution in [3.63, 3.8) is 0 Å². The van der Waals surface area contributed by atoms with Crippen LogP contribution in [0, 0.1) is 17.3 Å². The first-order valence-electron chi connectivity index (χ1n) is 7.91. The zero-order chi connectivity index (χ0) is 13.3. The Hall–Kier alpha value is -0.0800. The van der Waals surface area contributed by atoms with E-state index in [9.17, 15) is 0 Å². The molecule has 2 fully saturated rings. The van der Waals surface area contributed by atoms with Crippen LogP contribution >= 0.6 is 0 Å². The van der Waals surface area contributed by atoms with Crippen molar-refractivity contribution >= 4 is 0 Å². The number of rotatable bonds is 4. The molecule has 1 aliphatic heterocycles. The van der Waals surface area contributed by atoms with Crippen LogP contribution in [0.1, 0.15) is 53.9 Å². The summed E-state index contributed by atoms with van der Waals surface area (Å²) in [4.78, 5) is 2.74. The summed E-state index contributed by atoms with van der Waals surface area (Å²) in [6.45, 7) is 15.7. The van der Waals surface area contributed by atoms with Gasteiger partial charge in [0.2, 0.25) is 0 Å². The molecule has 0 aromatic carbocycles. The van der Waals surface area contributed by atoms with Crippen LogP contribution in [0.2, 0.25) is 0 Å². The molecule has 1 saturated carbocycles. The summed E-state index contributed by atoms with van der Waals surface area (Å²) in [5.41, 5.74) is 0.481. The van der Waals surface area contributed by atoms with E-state index in [1.807, 2.05) is 0 Å². The smallest absolute Gasteiger partial charge is 0.0159 e. The number of likely N-dealkylation sites (tertiary alicyclic amines) is 1. The molecule has 0 spiro atoms. The number of hydrogen-bond donors (Lipinski definition) is 1. The molecule has 106 valence electrons. The highest BCUT2D eigenvalue weighted by Crippen LogP contribution is 2.42. The zero-order valence-corrected chi connectivity index (χ0v) is 13.0. The van der Waals surface area contributed by atoms with Crippen molar-refractivity contribution in [1.82, 2.24) is 10.2 Å². The molecular weight excluding hydrogens is 220 g/mol. The van der Waals surface area contributed by atoms with Gasteiger partial charge in [0.25, 0.3) is 0 Å². The second-order valence-electron chi connectivity index (χ2n) is 7.47. The first-order chi connectivity index (χ1) is 8.44. The molecule has 2 nitrogen and oxygen atoms in total. The molecule has 0 bridgehead atoms. The van der Waals surface area contributed by atoms with Crippen LogP contribution in [0.25, 0.3) is 0 Å². The summed E-state index contributed by atoms with van der Waals surface area (Å²) in [6, 6.07) is 1.51. The Morgan fingerprint density at radius 3 is 2.56 bits per heavy atom. The molecule has 4 atom stereocenters. The predicted octanol–water partition coefficient (Wildman–Crippen LogP) is 3.13. The molecule has 2 heteroatoms. The van der Waals surface area contributed by atoms with Crippen molar-refractivity contribution in [2.45, 2.75) is 66.0 Å². The second kappa shape index (κ2) is 5.50. The van der Waals surface area contributed by atoms with Gasteiger partial charge in [-0.2, -0.15) is 0 Å². The largest absolute Gasteiger partial charge is 0.313 e. The van der Waals surface area contributed by atoms with Crippen LogP contribution in [0.4, 0.5) is 0 Å². The maximum absolute atomic E-state index is 3.76. The van der Waals surface area contributed by atoms with Gasteiger partial charge in [-0.05, 0) is 50.0 Å². The van der Waals surface area contributed by atoms with Crippen LogP contribution in [-0.2, 0) is 0 Å². The Labute approximate surface area is 114 Å². The van der Waals surface area contributed by atoms with Gasteiger partial charge in [-0.3, -0.25) is 0 Å². The first kappa shape index (κ1) is 14.3. The molecule has 0 aromatic rings. The molecule has 1 heterocycles. The van der Waals surface area contributed by atoms with Crippen LogP contribution in [-0.4, -0.2) is 36.6 Å². The van der Waals surface area contributed by atoms with Crippen molar-refractivity contribution in [3.05, 3.63) is 0 Å². The highest BCUT2D eigenvalue weighted by molar-refractivity contribution is 4.98. The fraction of sp³-hybridized carbons (Fsp3) is 1.00. The minimum atomic E-state index is 0.481. The van der Waals surface area contributed by atoms with Crippen LogP contribution < -0.4 is 5.32 Å². The Balaban J connectivity index is 1.96. The van der Waals surface area contributed by atoms with Crippen LogP contribution in [0.5, 0.6) is 0 Å². The van der Waals surface area contributed by atoms with Gasteiger partial charge in [0.15, 0.2) is 0 Å². The van der Waals surface area contributed by atoms with E-state index in [0.717, 1.165) is 24.4 Å². The summed E-state index contributed by atoms with van der Waals surface area (Å²) in [7, 11) is 0. The van der Waals surface area contributed by atoms with Crippen molar-refractivity contribution < 1.29 is 0 Å². The predicted molar refractivity (Wildman–Crippen MR) is 78.8 cm³/mol. The average Bonchev–Trinajstić information content (AvgIpc) is 2.73. The summed E-state index contributed by atoms with van der Waals surface area (Å²) >= 11 is 0. The van der Waals surface area contributed by atoms with Gasteiger partial charge in [-0.15, -0.1) is 0 Å². The summed E-state index contributed by atoms with van der Waals surface area (Å²) in [5.74, 6) is 1.75. The highest BCUT2D eigenvalue weighted by atomic mass is 15.2. The quantitative estimate of drug-likeness (QED) is 0.827. The molecule has 0 radical (unpaired) electrons. The maximum atomic E-state index is 3.76. The fourth-order valence-electron chi connectivity index (χ4n) is 4.32. The molecule has 1 aliphatic carbocycles. The van der Waals surface area contributed by atoms with Gasteiger partial charge in [-0.25, -0.2) is 0 Å². The Bertz CT molecular complexity index is 274. The third kappa shape index (κ3) is 2.91. The van der Waals surface area contributed by atoms with Crippen molar-refractivity contribution in [2.75, 3.05) is 19.6 Å². The first-order valence-corrected chi connectivity index (χ1v) is 7.91. The third-order valence-corrected chi connectivity index (χ3v) is 5.28. The lowest BCUT2D eigenvalue weighted by Crippen LogP contribution is -2.46. The molecular formula is C16H32N2. The lowest BCUT2D eigenvalue weighted by molar-refractivity contribution is 0.179. The number of hydrogen-bond acceptors (Lipinski definition) is 2. The molecule has 2 aliphatic rings. The van der Waals surface area contributed by atoms with E-state index in [1.165, 1.54) is 32.4 Å². The van der Waals surface area contributed by atoms with Gasteiger partial charge in [0.1, 0.15) is 0 Å². The van der Waals surface area contributed by atoms with Crippen molar-refractivity contribution in [3.8, 4) is 0 Å². The van der Waals surface area contributed by atoms with E-state index >= 15 is 0 Å². The van der Waals surface area contributed by atoms with E-state index < -0.39 is 0 Å². The Morgan fingerprint density at radius 2 is 2.00 bits per heavy atom. The molecule has 2 rings (SSSR count). The third-order valence-electron chi connectivity index (χ3n) is 5.28. The highest BCUT2D eigenvalue weighted by Gasteiger charge is 2.42. The summed E-state index contributed by atoms with van der Waals surface area (Å²) < 4.78 is 0. The zero-order valence-electron chi connectivity index (χ0n) is 13.0. The van der Waals surface area contributed by atoms with Crippen LogP contribution in [0.15, 0.2) is 0 Å². The Morgan fingerprint density at radius 1 is 1.28 bits per heavy atom. The molecule has 1 saturated heterocycles. The molecule has 18 heavy (non-hydrogen) atoms. The van der Waals surface area contributed by atoms with Crippen molar-refractivity contribution in [1.29, 1.82) is 0 Å². The minimum absolute atomic E-state index is 0.481. The van der Waals surface area contributed by atoms with E-state index in [0.29, 0.717) is 11.5 Å². The maximum Gasteiger partial charge on any atom is 0.0159 e. The molecule has 1 N–H and O–H groups in total. The summed E-state index contributed by atoms with van der Waals surface area (Å²) in [5, 5.41) is 3.76. The lowest BCUT2D eigenvalue weighted by Gasteiger charge is -2.34. The number of nitrogens with one attached hydrogen (secondary N) is 1. The monoisotopic (exact) mass is 252 g/mol. The van der Waals surface area contributed by atoms with Gasteiger partial charge in [-0.1, -0.05) is 27.7 Å². The van der Waals surface area contributed by atoms with E-state index in [4.69, 9.17) is 0 Å². The topological polar surface area (TPSA) is 15.3 Å². The van der Waals surface area contributed by atoms with E-state index in [2.05, 4.69) is 44.8 Å². The normalized spacial score (nSPS) is 40.5. The van der Waals surface area contributed by atoms with E-state index in [-0.39, 0.29) is 0 Å². The average molecular weight is 252 g/mol. The van der Waals surface area contributed by atoms with Gasteiger partial charge < -0.3 is 10.2 Å². The van der Waals surface area contributed by atoms with Gasteiger partial charge >= 0.3 is 0 Å². The molecule has 0 aromatic heterocycles. The standard InChI is InChI=1S/C16H32N2/c1-6-17-15-14(7-8-16(15,4)5)11-18-10-12(2)9-13(18)3/h12-15,17H,6-11H2,1-5H3. The van der Waals surface area contributed by atoms with Gasteiger partial charge in [0.05, 0.1) is 0 Å². The molecule has 4 unspecified atom stereocenters. The SMILES string of the molecule is CCNC1C(CN2CC(C)CC2C)CCC1(C)C. The fourth-order valence-corrected chi connectivity index (χ4v) is 4.32. The van der Waals surface area contributed by atoms with Crippen LogP contribution in [0.3, 0.4) is 0 Å². The second-order valence-corrected chi connectivity index (χ2v) is 7.47. The minimum Gasteiger partial charge on any atom is -0.313 e. The van der Waals surface area contributed by atoms with E-state index in [1.54, 1.807) is 0 Å². The van der Waals surface area contributed by atoms with Gasteiger partial charge in [0, 0.05) is 25.2 Å².